The van der Waals surface area contributed by atoms with Crippen molar-refractivity contribution in [3.63, 3.8) is 0 Å². The fourth-order valence-corrected chi connectivity index (χ4v) is 3.64. The number of nitrogens with zero attached hydrogens (tertiary/aromatic N) is 4. The molecule has 6 nitrogen and oxygen atoms in total. The van der Waals surface area contributed by atoms with Crippen molar-refractivity contribution in [1.29, 1.82) is 0 Å². The number of piperidine rings is 1. The van der Waals surface area contributed by atoms with E-state index >= 15 is 0 Å². The molecule has 1 aromatic rings. The molecule has 0 saturated carbocycles. The predicted molar refractivity (Wildman–Crippen MR) is 99.1 cm³/mol. The SMILES string of the molecule is CC(C)(C)OC(=O)N1CCC2(CCN(c3ncc(C(F)(F)F)cn3)CC2)C1.[Na]. The average molecular weight is 409 g/mol. The molecule has 0 aliphatic carbocycles. The number of ether oxygens (including phenoxy) is 1. The van der Waals surface area contributed by atoms with E-state index < -0.39 is 17.3 Å². The quantitative estimate of drug-likeness (QED) is 0.666. The molecule has 1 aromatic heterocycles. The summed E-state index contributed by atoms with van der Waals surface area (Å²) < 4.78 is 43.3. The molecule has 151 valence electrons. The van der Waals surface area contributed by atoms with Crippen LogP contribution in [0.25, 0.3) is 0 Å². The minimum Gasteiger partial charge on any atom is -0.444 e. The Kier molecular flexibility index (Phi) is 6.93. The summed E-state index contributed by atoms with van der Waals surface area (Å²) in [6.45, 7) is 8.19. The summed E-state index contributed by atoms with van der Waals surface area (Å²) in [5.41, 5.74) is -1.32. The molecule has 3 rings (SSSR count). The van der Waals surface area contributed by atoms with Gasteiger partial charge in [-0.25, -0.2) is 14.8 Å². The van der Waals surface area contributed by atoms with E-state index in [9.17, 15) is 18.0 Å². The van der Waals surface area contributed by atoms with Crippen LogP contribution < -0.4 is 4.90 Å². The molecular formula is C18H25F3N4NaO2. The smallest absolute Gasteiger partial charge is 0.419 e. The zero-order valence-electron chi connectivity index (χ0n) is 16.8. The predicted octanol–water partition coefficient (Wildman–Crippen LogP) is 3.34. The van der Waals surface area contributed by atoms with Crippen molar-refractivity contribution in [2.24, 2.45) is 5.41 Å². The monoisotopic (exact) mass is 409 g/mol. The summed E-state index contributed by atoms with van der Waals surface area (Å²) in [5, 5.41) is 0. The maximum atomic E-state index is 12.6. The van der Waals surface area contributed by atoms with Crippen molar-refractivity contribution in [3.05, 3.63) is 18.0 Å². The summed E-state index contributed by atoms with van der Waals surface area (Å²) in [5.74, 6) is 0.319. The van der Waals surface area contributed by atoms with E-state index in [1.54, 1.807) is 4.90 Å². The Hall–Kier alpha value is -1.06. The molecule has 2 fully saturated rings. The number of carbonyl (C=O) groups is 1. The molecule has 1 spiro atoms. The van der Waals surface area contributed by atoms with Crippen molar-refractivity contribution in [1.82, 2.24) is 14.9 Å². The van der Waals surface area contributed by atoms with Gasteiger partial charge in [-0.15, -0.1) is 0 Å². The first kappa shape index (κ1) is 23.2. The molecule has 0 unspecified atom stereocenters. The van der Waals surface area contributed by atoms with Gasteiger partial charge in [0, 0.05) is 68.1 Å². The Morgan fingerprint density at radius 3 is 2.11 bits per heavy atom. The second-order valence-electron chi connectivity index (χ2n) is 8.41. The van der Waals surface area contributed by atoms with E-state index in [0.717, 1.165) is 31.7 Å². The maximum Gasteiger partial charge on any atom is 0.419 e. The van der Waals surface area contributed by atoms with Crippen LogP contribution in [-0.2, 0) is 10.9 Å². The summed E-state index contributed by atoms with van der Waals surface area (Å²) >= 11 is 0. The number of likely N-dealkylation sites (tertiary alicyclic amines) is 1. The first-order chi connectivity index (χ1) is 12.5. The Balaban J connectivity index is 0.00000280. The van der Waals surface area contributed by atoms with Gasteiger partial charge >= 0.3 is 12.3 Å². The molecule has 2 aliphatic rings. The number of aromatic nitrogens is 2. The Labute approximate surface area is 185 Å². The molecule has 2 aliphatic heterocycles. The van der Waals surface area contributed by atoms with Crippen LogP contribution in [0.5, 0.6) is 0 Å². The second kappa shape index (κ2) is 8.36. The number of carbonyl (C=O) groups excluding carboxylic acids is 1. The van der Waals surface area contributed by atoms with Gasteiger partial charge in [0.2, 0.25) is 5.95 Å². The molecule has 0 atom stereocenters. The van der Waals surface area contributed by atoms with E-state index in [1.807, 2.05) is 25.7 Å². The topological polar surface area (TPSA) is 58.6 Å². The molecular weight excluding hydrogens is 384 g/mol. The van der Waals surface area contributed by atoms with E-state index in [-0.39, 0.29) is 41.1 Å². The zero-order chi connectivity index (χ0) is 19.9. The minimum absolute atomic E-state index is 0. The number of halogens is 3. The third kappa shape index (κ3) is 5.51. The summed E-state index contributed by atoms with van der Waals surface area (Å²) in [6.07, 6.45) is -0.465. The number of anilines is 1. The van der Waals surface area contributed by atoms with Crippen LogP contribution in [0, 0.1) is 5.41 Å². The first-order valence-electron chi connectivity index (χ1n) is 9.10. The van der Waals surface area contributed by atoms with Gasteiger partial charge in [-0.1, -0.05) is 0 Å². The van der Waals surface area contributed by atoms with Gasteiger partial charge in [0.05, 0.1) is 5.56 Å². The van der Waals surface area contributed by atoms with Gasteiger partial charge in [-0.3, -0.25) is 0 Å². The Morgan fingerprint density at radius 1 is 1.07 bits per heavy atom. The maximum absolute atomic E-state index is 12.6. The van der Waals surface area contributed by atoms with Gasteiger partial charge in [0.25, 0.3) is 0 Å². The van der Waals surface area contributed by atoms with Crippen molar-refractivity contribution in [2.75, 3.05) is 31.1 Å². The van der Waals surface area contributed by atoms with Gasteiger partial charge in [-0.2, -0.15) is 13.2 Å². The van der Waals surface area contributed by atoms with E-state index in [0.29, 0.717) is 32.1 Å². The number of hydrogen-bond donors (Lipinski definition) is 0. The van der Waals surface area contributed by atoms with E-state index in [1.165, 1.54) is 0 Å². The number of amides is 1. The molecule has 10 heteroatoms. The minimum atomic E-state index is -4.43. The third-order valence-corrected chi connectivity index (χ3v) is 5.16. The summed E-state index contributed by atoms with van der Waals surface area (Å²) in [7, 11) is 0. The van der Waals surface area contributed by atoms with Gasteiger partial charge in [0.1, 0.15) is 5.60 Å². The molecule has 3 heterocycles. The molecule has 2 saturated heterocycles. The van der Waals surface area contributed by atoms with Crippen molar-refractivity contribution in [3.8, 4) is 0 Å². The van der Waals surface area contributed by atoms with Crippen LogP contribution in [0.3, 0.4) is 0 Å². The van der Waals surface area contributed by atoms with Gasteiger partial charge < -0.3 is 14.5 Å². The number of alkyl halides is 3. The normalized spacial score (nSPS) is 19.5. The fraction of sp³-hybridized carbons (Fsp3) is 0.722. The van der Waals surface area contributed by atoms with Crippen LogP contribution >= 0.6 is 0 Å². The second-order valence-corrected chi connectivity index (χ2v) is 8.41. The van der Waals surface area contributed by atoms with Crippen LogP contribution in [0.1, 0.15) is 45.6 Å². The third-order valence-electron chi connectivity index (χ3n) is 5.16. The summed E-state index contributed by atoms with van der Waals surface area (Å²) in [6, 6.07) is 0. The zero-order valence-corrected chi connectivity index (χ0v) is 18.8. The van der Waals surface area contributed by atoms with E-state index in [4.69, 9.17) is 4.74 Å². The molecule has 1 amide bonds. The van der Waals surface area contributed by atoms with Crippen LogP contribution in [-0.4, -0.2) is 82.3 Å². The van der Waals surface area contributed by atoms with Gasteiger partial charge in [0.15, 0.2) is 0 Å². The molecule has 0 bridgehead atoms. The van der Waals surface area contributed by atoms with Crippen LogP contribution in [0.4, 0.5) is 23.9 Å². The Bertz CT molecular complexity index is 684. The average Bonchev–Trinajstić information content (AvgIpc) is 2.97. The van der Waals surface area contributed by atoms with Crippen LogP contribution in [0.2, 0.25) is 0 Å². The van der Waals surface area contributed by atoms with E-state index in [2.05, 4.69) is 9.97 Å². The number of hydrogen-bond acceptors (Lipinski definition) is 5. The summed E-state index contributed by atoms with van der Waals surface area (Å²) in [4.78, 5) is 23.7. The van der Waals surface area contributed by atoms with Crippen molar-refractivity contribution >= 4 is 41.6 Å². The molecule has 1 radical (unpaired) electrons. The Morgan fingerprint density at radius 2 is 1.61 bits per heavy atom. The fourth-order valence-electron chi connectivity index (χ4n) is 3.64. The standard InChI is InChI=1S/C18H25F3N4O2.Na/c1-16(2,3)27-15(26)25-9-6-17(12-25)4-7-24(8-5-17)14-22-10-13(11-23-14)18(19,20)21;/h10-11H,4-9,12H2,1-3H3;. The molecule has 0 aromatic carbocycles. The number of rotatable bonds is 1. The molecule has 0 N–H and O–H groups in total. The van der Waals surface area contributed by atoms with Gasteiger partial charge in [-0.05, 0) is 45.4 Å². The largest absolute Gasteiger partial charge is 0.444 e. The van der Waals surface area contributed by atoms with Crippen LogP contribution in [0.15, 0.2) is 12.4 Å². The van der Waals surface area contributed by atoms with Crippen molar-refractivity contribution in [2.45, 2.75) is 51.8 Å². The van der Waals surface area contributed by atoms with Crippen molar-refractivity contribution < 1.29 is 22.7 Å². The first-order valence-corrected chi connectivity index (χ1v) is 9.10. The molecule has 28 heavy (non-hydrogen) atoms.